The minimum absolute atomic E-state index is 0.0527. The fourth-order valence-corrected chi connectivity index (χ4v) is 4.29. The van der Waals surface area contributed by atoms with E-state index < -0.39 is 0 Å². The first-order valence-corrected chi connectivity index (χ1v) is 11.2. The van der Waals surface area contributed by atoms with Crippen molar-refractivity contribution in [3.05, 3.63) is 58.7 Å². The molecule has 2 heterocycles. The Morgan fingerprint density at radius 3 is 2.79 bits per heavy atom. The van der Waals surface area contributed by atoms with Crippen LogP contribution in [0.15, 0.2) is 47.6 Å². The second kappa shape index (κ2) is 9.55. The van der Waals surface area contributed by atoms with Crippen LogP contribution >= 0.6 is 23.4 Å². The highest BCUT2D eigenvalue weighted by molar-refractivity contribution is 7.99. The molecular formula is C22H21ClN6O3S. The van der Waals surface area contributed by atoms with Crippen molar-refractivity contribution in [3.63, 3.8) is 0 Å². The molecule has 0 spiro atoms. The fourth-order valence-electron chi connectivity index (χ4n) is 3.30. The summed E-state index contributed by atoms with van der Waals surface area (Å²) in [4.78, 5) is 17.3. The molecule has 0 fully saturated rings. The second-order valence-electron chi connectivity index (χ2n) is 7.01. The molecule has 4 aromatic rings. The van der Waals surface area contributed by atoms with Crippen molar-refractivity contribution in [1.29, 1.82) is 5.41 Å². The van der Waals surface area contributed by atoms with Crippen LogP contribution in [0.3, 0.4) is 0 Å². The van der Waals surface area contributed by atoms with Crippen molar-refractivity contribution in [2.24, 2.45) is 0 Å². The van der Waals surface area contributed by atoms with Gasteiger partial charge >= 0.3 is 0 Å². The third kappa shape index (κ3) is 4.67. The number of nitrogens with zero attached hydrogens (tertiary/aromatic N) is 3. The normalized spacial score (nSPS) is 10.9. The smallest absolute Gasteiger partial charge is 0.234 e. The van der Waals surface area contributed by atoms with Gasteiger partial charge in [0.25, 0.3) is 0 Å². The molecule has 2 aromatic carbocycles. The van der Waals surface area contributed by atoms with Crippen LogP contribution in [0.25, 0.3) is 16.7 Å². The maximum Gasteiger partial charge on any atom is 0.234 e. The van der Waals surface area contributed by atoms with E-state index in [2.05, 4.69) is 20.5 Å². The molecular weight excluding hydrogens is 464 g/mol. The minimum atomic E-state index is -0.257. The highest BCUT2D eigenvalue weighted by atomic mass is 35.5. The van der Waals surface area contributed by atoms with Gasteiger partial charge in [-0.05, 0) is 37.3 Å². The van der Waals surface area contributed by atoms with E-state index in [1.54, 1.807) is 48.1 Å². The zero-order valence-electron chi connectivity index (χ0n) is 18.1. The quantitative estimate of drug-likeness (QED) is 0.270. The van der Waals surface area contributed by atoms with E-state index in [0.29, 0.717) is 44.1 Å². The Kier molecular flexibility index (Phi) is 6.57. The summed E-state index contributed by atoms with van der Waals surface area (Å²) in [6.45, 7) is 1.83. The zero-order valence-corrected chi connectivity index (χ0v) is 19.7. The topological polar surface area (TPSA) is 118 Å². The summed E-state index contributed by atoms with van der Waals surface area (Å²) in [6, 6.07) is 12.3. The number of hydrogen-bond donors (Lipinski definition) is 3. The maximum absolute atomic E-state index is 12.7. The third-order valence-corrected chi connectivity index (χ3v) is 6.04. The van der Waals surface area contributed by atoms with E-state index in [9.17, 15) is 4.79 Å². The van der Waals surface area contributed by atoms with Gasteiger partial charge in [0.2, 0.25) is 5.91 Å². The molecule has 0 bridgehead atoms. The van der Waals surface area contributed by atoms with E-state index in [0.717, 1.165) is 5.69 Å². The number of fused-ring (bicyclic) bond motifs is 1. The molecule has 0 aliphatic carbocycles. The van der Waals surface area contributed by atoms with Crippen LogP contribution in [0.5, 0.6) is 11.5 Å². The van der Waals surface area contributed by atoms with Crippen LogP contribution in [0.1, 0.15) is 5.69 Å². The Morgan fingerprint density at radius 2 is 2.06 bits per heavy atom. The molecule has 3 N–H and O–H groups in total. The summed E-state index contributed by atoms with van der Waals surface area (Å²) in [7, 11) is 3.08. The maximum atomic E-state index is 12.7. The number of carbonyl (C=O) groups is 1. The van der Waals surface area contributed by atoms with Gasteiger partial charge in [0, 0.05) is 16.8 Å². The molecule has 1 amide bonds. The van der Waals surface area contributed by atoms with Gasteiger partial charge in [-0.2, -0.15) is 5.10 Å². The summed E-state index contributed by atoms with van der Waals surface area (Å²) >= 11 is 7.38. The lowest BCUT2D eigenvalue weighted by Gasteiger charge is -2.14. The largest absolute Gasteiger partial charge is 0.497 e. The molecule has 0 atom stereocenters. The Morgan fingerprint density at radius 1 is 1.24 bits per heavy atom. The number of carbonyl (C=O) groups excluding carboxylic acids is 1. The molecule has 33 heavy (non-hydrogen) atoms. The van der Waals surface area contributed by atoms with E-state index >= 15 is 0 Å². The van der Waals surface area contributed by atoms with E-state index in [-0.39, 0.29) is 17.1 Å². The summed E-state index contributed by atoms with van der Waals surface area (Å²) in [6.07, 6.45) is 0. The van der Waals surface area contributed by atoms with E-state index in [1.165, 1.54) is 18.9 Å². The number of rotatable bonds is 7. The monoisotopic (exact) mass is 484 g/mol. The van der Waals surface area contributed by atoms with Crippen LogP contribution in [0.2, 0.25) is 5.02 Å². The number of nitrogens with one attached hydrogen (secondary N) is 3. The predicted octanol–water partition coefficient (Wildman–Crippen LogP) is 3.94. The van der Waals surface area contributed by atoms with E-state index in [1.807, 2.05) is 13.0 Å². The number of benzene rings is 2. The average molecular weight is 485 g/mol. The van der Waals surface area contributed by atoms with Crippen LogP contribution in [-0.4, -0.2) is 45.6 Å². The Balaban J connectivity index is 1.64. The minimum Gasteiger partial charge on any atom is -0.497 e. The number of halogens is 1. The van der Waals surface area contributed by atoms with Gasteiger partial charge in [-0.1, -0.05) is 29.4 Å². The number of amides is 1. The molecule has 0 aliphatic rings. The SMILES string of the molecule is COc1ccc(NC(=O)CSc2nc3n[nH]c(C)c3c(=N)n2-c2cccc(Cl)c2)c(OC)c1. The first-order chi connectivity index (χ1) is 15.9. The van der Waals surface area contributed by atoms with Crippen LogP contribution in [0, 0.1) is 12.3 Å². The Hall–Kier alpha value is -3.50. The van der Waals surface area contributed by atoms with Crippen LogP contribution in [-0.2, 0) is 4.79 Å². The van der Waals surface area contributed by atoms with Crippen molar-refractivity contribution < 1.29 is 14.3 Å². The molecule has 9 nitrogen and oxygen atoms in total. The zero-order chi connectivity index (χ0) is 23.5. The predicted molar refractivity (Wildman–Crippen MR) is 128 cm³/mol. The van der Waals surface area contributed by atoms with Gasteiger partial charge in [0.15, 0.2) is 10.8 Å². The molecule has 4 rings (SSSR count). The summed E-state index contributed by atoms with van der Waals surface area (Å²) in [5.41, 5.74) is 2.55. The van der Waals surface area contributed by atoms with E-state index in [4.69, 9.17) is 26.5 Å². The van der Waals surface area contributed by atoms with Crippen molar-refractivity contribution >= 4 is 46.0 Å². The lowest BCUT2D eigenvalue weighted by Crippen LogP contribution is -2.23. The summed E-state index contributed by atoms with van der Waals surface area (Å²) in [5.74, 6) is 0.905. The number of thioether (sulfide) groups is 1. The molecule has 0 aliphatic heterocycles. The number of ether oxygens (including phenoxy) is 2. The van der Waals surface area contributed by atoms with Crippen molar-refractivity contribution in [1.82, 2.24) is 19.7 Å². The molecule has 11 heteroatoms. The second-order valence-corrected chi connectivity index (χ2v) is 8.39. The number of aryl methyl sites for hydroxylation is 1. The van der Waals surface area contributed by atoms with Crippen LogP contribution < -0.4 is 20.3 Å². The van der Waals surface area contributed by atoms with Crippen LogP contribution in [0.4, 0.5) is 5.69 Å². The Labute approximate surface area is 198 Å². The third-order valence-electron chi connectivity index (χ3n) is 4.86. The number of aromatic nitrogens is 4. The fraction of sp³-hybridized carbons (Fsp3) is 0.182. The number of H-pyrrole nitrogens is 1. The first kappa shape index (κ1) is 22.7. The first-order valence-electron chi connectivity index (χ1n) is 9.84. The van der Waals surface area contributed by atoms with Crippen molar-refractivity contribution in [2.45, 2.75) is 12.1 Å². The van der Waals surface area contributed by atoms with Gasteiger partial charge in [-0.3, -0.25) is 19.9 Å². The highest BCUT2D eigenvalue weighted by Crippen LogP contribution is 2.29. The molecule has 0 saturated carbocycles. The number of aromatic amines is 1. The lowest BCUT2D eigenvalue weighted by molar-refractivity contribution is -0.113. The molecule has 0 saturated heterocycles. The van der Waals surface area contributed by atoms with Gasteiger partial charge in [-0.15, -0.1) is 0 Å². The highest BCUT2D eigenvalue weighted by Gasteiger charge is 2.17. The lowest BCUT2D eigenvalue weighted by atomic mass is 10.2. The average Bonchev–Trinajstić information content (AvgIpc) is 3.18. The molecule has 2 aromatic heterocycles. The molecule has 170 valence electrons. The van der Waals surface area contributed by atoms with Gasteiger partial charge in [0.05, 0.1) is 36.7 Å². The standard InChI is InChI=1S/C22H21ClN6O3S/c1-12-19-20(24)29(14-6-4-5-13(23)9-14)22(26-21(19)28-27-12)33-11-18(30)25-16-8-7-15(31-2)10-17(16)32-3/h4-10,24H,11H2,1-3H3,(H,25,30)(H,27,28). The molecule has 0 unspecified atom stereocenters. The van der Waals surface area contributed by atoms with Crippen molar-refractivity contribution in [2.75, 3.05) is 25.3 Å². The number of hydrogen-bond acceptors (Lipinski definition) is 7. The van der Waals surface area contributed by atoms with Gasteiger partial charge in [-0.25, -0.2) is 4.98 Å². The number of methoxy groups -OCH3 is 2. The van der Waals surface area contributed by atoms with Gasteiger partial charge in [0.1, 0.15) is 17.0 Å². The summed E-state index contributed by atoms with van der Waals surface area (Å²) in [5, 5.41) is 20.3. The number of anilines is 1. The Bertz CT molecular complexity index is 1400. The summed E-state index contributed by atoms with van der Waals surface area (Å²) < 4.78 is 12.2. The van der Waals surface area contributed by atoms with Gasteiger partial charge < -0.3 is 14.8 Å². The molecule has 0 radical (unpaired) electrons. The van der Waals surface area contributed by atoms with Crippen molar-refractivity contribution in [3.8, 4) is 17.2 Å².